The van der Waals surface area contributed by atoms with Gasteiger partial charge in [0.1, 0.15) is 6.67 Å². The molecule has 6 nitrogen and oxygen atoms in total. The van der Waals surface area contributed by atoms with Crippen molar-refractivity contribution in [2.45, 2.75) is 13.6 Å². The largest absolute Gasteiger partial charge is 0.319 e. The van der Waals surface area contributed by atoms with Crippen molar-refractivity contribution in [2.24, 2.45) is 15.0 Å². The molecule has 0 aliphatic heterocycles. The van der Waals surface area contributed by atoms with Crippen molar-refractivity contribution in [3.8, 4) is 16.8 Å². The van der Waals surface area contributed by atoms with Gasteiger partial charge < -0.3 is 9.13 Å². The van der Waals surface area contributed by atoms with Gasteiger partial charge in [-0.3, -0.25) is 4.98 Å². The molecule has 0 fully saturated rings. The van der Waals surface area contributed by atoms with Crippen molar-refractivity contribution in [3.05, 3.63) is 211 Å². The minimum atomic E-state index is 0.281. The SMILES string of the molecule is C=C/C(=C\C=C/C)c1cccc(/C(N=C(N=C)c2cccc(-c3ccccc3)c2)=N/Cn2c3ccccc3c3c2cnc2c4ccccc4n(-c4ccccc4)c23)c1. The third kappa shape index (κ3) is 6.56. The highest BCUT2D eigenvalue weighted by molar-refractivity contribution is 6.24. The Hall–Kier alpha value is -7.70. The van der Waals surface area contributed by atoms with Crippen LogP contribution in [-0.4, -0.2) is 32.5 Å². The number of nitrogens with zero attached hydrogens (tertiary/aromatic N) is 6. The van der Waals surface area contributed by atoms with Gasteiger partial charge in [0.2, 0.25) is 0 Å². The number of aliphatic imine (C=N–C) groups is 3. The van der Waals surface area contributed by atoms with Crippen molar-refractivity contribution in [1.29, 1.82) is 0 Å². The van der Waals surface area contributed by atoms with Crippen molar-refractivity contribution < 1.29 is 0 Å². The minimum absolute atomic E-state index is 0.281. The predicted molar refractivity (Wildman–Crippen MR) is 246 cm³/mol. The number of pyridine rings is 1. The molecular formula is C52H40N6. The van der Waals surface area contributed by atoms with Gasteiger partial charge in [-0.15, -0.1) is 0 Å². The second-order valence-electron chi connectivity index (χ2n) is 13.9. The number of rotatable bonds is 9. The van der Waals surface area contributed by atoms with E-state index < -0.39 is 0 Å². The molecule has 0 bridgehead atoms. The van der Waals surface area contributed by atoms with E-state index in [0.717, 1.165) is 82.8 Å². The fourth-order valence-electron chi connectivity index (χ4n) is 7.82. The maximum absolute atomic E-state index is 5.33. The Balaban J connectivity index is 1.25. The average molecular weight is 749 g/mol. The second kappa shape index (κ2) is 15.8. The first-order chi connectivity index (χ1) is 28.7. The molecular weight excluding hydrogens is 709 g/mol. The summed E-state index contributed by atoms with van der Waals surface area (Å²) in [7, 11) is 0. The van der Waals surface area contributed by atoms with Gasteiger partial charge in [0.15, 0.2) is 11.7 Å². The van der Waals surface area contributed by atoms with E-state index in [0.29, 0.717) is 11.7 Å². The molecule has 0 radical (unpaired) electrons. The Kier molecular flexibility index (Phi) is 9.80. The Morgan fingerprint density at radius 1 is 0.655 bits per heavy atom. The van der Waals surface area contributed by atoms with Gasteiger partial charge in [-0.2, -0.15) is 0 Å². The van der Waals surface area contributed by atoms with Gasteiger partial charge in [0.05, 0.1) is 33.8 Å². The third-order valence-electron chi connectivity index (χ3n) is 10.5. The molecule has 0 spiro atoms. The molecule has 0 aliphatic rings. The summed E-state index contributed by atoms with van der Waals surface area (Å²) in [6.07, 6.45) is 9.93. The van der Waals surface area contributed by atoms with E-state index in [1.54, 1.807) is 0 Å². The summed E-state index contributed by atoms with van der Waals surface area (Å²) in [5.41, 5.74) is 12.1. The zero-order valence-electron chi connectivity index (χ0n) is 32.2. The Bertz CT molecular complexity index is 3120. The van der Waals surface area contributed by atoms with Crippen LogP contribution in [0.2, 0.25) is 0 Å². The lowest BCUT2D eigenvalue weighted by Crippen LogP contribution is -2.07. The van der Waals surface area contributed by atoms with E-state index in [4.69, 9.17) is 15.0 Å². The molecule has 0 saturated carbocycles. The fraction of sp³-hybridized carbons (Fsp3) is 0.0385. The van der Waals surface area contributed by atoms with Crippen molar-refractivity contribution in [3.63, 3.8) is 0 Å². The molecule has 0 saturated heterocycles. The lowest BCUT2D eigenvalue weighted by Gasteiger charge is -2.11. The van der Waals surface area contributed by atoms with E-state index in [9.17, 15) is 0 Å². The molecule has 0 amide bonds. The van der Waals surface area contributed by atoms with Crippen LogP contribution in [0.3, 0.4) is 0 Å². The van der Waals surface area contributed by atoms with Gasteiger partial charge in [0, 0.05) is 33.0 Å². The number of benzene rings is 6. The monoisotopic (exact) mass is 748 g/mol. The Labute approximate surface area is 337 Å². The summed E-state index contributed by atoms with van der Waals surface area (Å²) in [5.74, 6) is 1.01. The van der Waals surface area contributed by atoms with Gasteiger partial charge in [-0.05, 0) is 72.3 Å². The van der Waals surface area contributed by atoms with Crippen molar-refractivity contribution >= 4 is 67.7 Å². The molecule has 58 heavy (non-hydrogen) atoms. The quantitative estimate of drug-likeness (QED) is 0.0824. The molecule has 6 aromatic carbocycles. The zero-order valence-corrected chi connectivity index (χ0v) is 32.2. The molecule has 9 rings (SSSR count). The summed E-state index contributed by atoms with van der Waals surface area (Å²) in [4.78, 5) is 20.2. The molecule has 0 unspecified atom stereocenters. The van der Waals surface area contributed by atoms with Crippen molar-refractivity contribution in [1.82, 2.24) is 14.1 Å². The van der Waals surface area contributed by atoms with Crippen LogP contribution in [0.5, 0.6) is 0 Å². The number of allylic oxidation sites excluding steroid dienone is 5. The van der Waals surface area contributed by atoms with Crippen molar-refractivity contribution in [2.75, 3.05) is 0 Å². The molecule has 6 heteroatoms. The number of fused-ring (bicyclic) bond motifs is 7. The fourth-order valence-corrected chi connectivity index (χ4v) is 7.82. The number of hydrogen-bond donors (Lipinski definition) is 0. The predicted octanol–water partition coefficient (Wildman–Crippen LogP) is 12.7. The van der Waals surface area contributed by atoms with Crippen LogP contribution in [0, 0.1) is 0 Å². The molecule has 9 aromatic rings. The van der Waals surface area contributed by atoms with Crippen LogP contribution >= 0.6 is 0 Å². The lowest BCUT2D eigenvalue weighted by molar-refractivity contribution is 0.790. The molecule has 278 valence electrons. The van der Waals surface area contributed by atoms with E-state index in [-0.39, 0.29) is 6.67 Å². The van der Waals surface area contributed by atoms with E-state index >= 15 is 0 Å². The van der Waals surface area contributed by atoms with Crippen LogP contribution in [0.15, 0.2) is 210 Å². The molecule has 0 atom stereocenters. The van der Waals surface area contributed by atoms with Crippen LogP contribution in [-0.2, 0) is 6.67 Å². The summed E-state index contributed by atoms with van der Waals surface area (Å²) in [6.45, 7) is 10.3. The van der Waals surface area contributed by atoms with Crippen LogP contribution < -0.4 is 0 Å². The number of amidine groups is 2. The molecule has 3 aromatic heterocycles. The zero-order chi connectivity index (χ0) is 39.4. The second-order valence-corrected chi connectivity index (χ2v) is 13.9. The minimum Gasteiger partial charge on any atom is -0.319 e. The highest BCUT2D eigenvalue weighted by Crippen LogP contribution is 2.39. The van der Waals surface area contributed by atoms with Crippen LogP contribution in [0.25, 0.3) is 66.1 Å². The summed E-state index contributed by atoms with van der Waals surface area (Å²) in [6, 6.07) is 54.3. The first kappa shape index (κ1) is 36.0. The van der Waals surface area contributed by atoms with Crippen LogP contribution in [0.1, 0.15) is 23.6 Å². The van der Waals surface area contributed by atoms with E-state index in [1.807, 2.05) is 73.8 Å². The number of hydrogen-bond acceptors (Lipinski definition) is 2. The first-order valence-corrected chi connectivity index (χ1v) is 19.3. The maximum atomic E-state index is 5.33. The molecule has 0 aliphatic carbocycles. The highest BCUT2D eigenvalue weighted by Gasteiger charge is 2.21. The van der Waals surface area contributed by atoms with Gasteiger partial charge >= 0.3 is 0 Å². The maximum Gasteiger partial charge on any atom is 0.161 e. The standard InChI is InChI=1S/C52H40N6/c1-4-6-19-36(5-2)38-22-17-25-41(32-38)52(56-51(53-3)40-24-18-23-39(33-40)37-20-9-7-10-21-37)55-35-57-45-30-15-13-28-43(45)48-47(57)34-54-49-44-29-14-16-31-46(44)58(50(48)49)42-26-11-8-12-27-42/h4-34H,2-3,35H2,1H3/b6-4-,36-19+,55-52-,56-51?. The smallest absolute Gasteiger partial charge is 0.161 e. The summed E-state index contributed by atoms with van der Waals surface area (Å²) >= 11 is 0. The normalized spacial score (nSPS) is 12.7. The van der Waals surface area contributed by atoms with Crippen LogP contribution in [0.4, 0.5) is 0 Å². The number of para-hydroxylation sites is 3. The Morgan fingerprint density at radius 3 is 2.07 bits per heavy atom. The lowest BCUT2D eigenvalue weighted by atomic mass is 10.0. The van der Waals surface area contributed by atoms with Gasteiger partial charge in [-0.25, -0.2) is 15.0 Å². The molecule has 0 N–H and O–H groups in total. The first-order valence-electron chi connectivity index (χ1n) is 19.3. The summed E-state index contributed by atoms with van der Waals surface area (Å²) < 4.78 is 4.58. The van der Waals surface area contributed by atoms with E-state index in [1.165, 1.54) is 0 Å². The highest BCUT2D eigenvalue weighted by atomic mass is 15.1. The third-order valence-corrected chi connectivity index (χ3v) is 10.5. The number of aromatic nitrogens is 3. The average Bonchev–Trinajstić information content (AvgIpc) is 3.80. The molecule has 3 heterocycles. The van der Waals surface area contributed by atoms with Gasteiger partial charge in [-0.1, -0.05) is 152 Å². The Morgan fingerprint density at radius 2 is 1.31 bits per heavy atom. The van der Waals surface area contributed by atoms with Gasteiger partial charge in [0.25, 0.3) is 0 Å². The summed E-state index contributed by atoms with van der Waals surface area (Å²) in [5, 5.41) is 3.36. The van der Waals surface area contributed by atoms with E-state index in [2.05, 4.69) is 149 Å². The topological polar surface area (TPSA) is 59.8 Å².